The van der Waals surface area contributed by atoms with Gasteiger partial charge in [-0.2, -0.15) is 0 Å². The number of carbonyl (C=O) groups is 1. The van der Waals surface area contributed by atoms with Crippen molar-refractivity contribution in [2.75, 3.05) is 14.1 Å². The van der Waals surface area contributed by atoms with Gasteiger partial charge in [0.1, 0.15) is 0 Å². The van der Waals surface area contributed by atoms with Crippen LogP contribution >= 0.6 is 23.4 Å². The SMILES string of the molecule is Cc1ccc(C(=O)C(=CN(C)C)Sc2ccc(Cl)cc2)cc1. The van der Waals surface area contributed by atoms with E-state index in [0.29, 0.717) is 15.5 Å². The smallest absolute Gasteiger partial charge is 0.201 e. The van der Waals surface area contributed by atoms with E-state index in [0.717, 1.165) is 10.5 Å². The first-order valence-electron chi connectivity index (χ1n) is 6.89. The number of benzene rings is 2. The zero-order chi connectivity index (χ0) is 16.1. The summed E-state index contributed by atoms with van der Waals surface area (Å²) in [6, 6.07) is 15.1. The van der Waals surface area contributed by atoms with Crippen molar-refractivity contribution in [3.05, 3.63) is 75.8 Å². The molecule has 2 aromatic rings. The predicted octanol–water partition coefficient (Wildman–Crippen LogP) is 5.03. The van der Waals surface area contributed by atoms with Gasteiger partial charge in [-0.15, -0.1) is 0 Å². The van der Waals surface area contributed by atoms with Crippen LogP contribution in [0, 0.1) is 6.92 Å². The van der Waals surface area contributed by atoms with E-state index in [9.17, 15) is 4.79 Å². The van der Waals surface area contributed by atoms with E-state index in [1.54, 1.807) is 0 Å². The lowest BCUT2D eigenvalue weighted by atomic mass is 10.1. The molecule has 2 rings (SSSR count). The van der Waals surface area contributed by atoms with Gasteiger partial charge in [-0.1, -0.05) is 53.2 Å². The van der Waals surface area contributed by atoms with E-state index < -0.39 is 0 Å². The van der Waals surface area contributed by atoms with Crippen molar-refractivity contribution in [1.29, 1.82) is 0 Å². The third-order valence-corrected chi connectivity index (χ3v) is 4.23. The van der Waals surface area contributed by atoms with Crippen LogP contribution in [-0.4, -0.2) is 24.8 Å². The Kier molecular flexibility index (Phi) is 5.69. The van der Waals surface area contributed by atoms with Gasteiger partial charge in [0, 0.05) is 35.8 Å². The highest BCUT2D eigenvalue weighted by molar-refractivity contribution is 8.04. The fourth-order valence-electron chi connectivity index (χ4n) is 1.84. The fraction of sp³-hybridized carbons (Fsp3) is 0.167. The summed E-state index contributed by atoms with van der Waals surface area (Å²) in [6.07, 6.45) is 1.85. The minimum Gasteiger partial charge on any atom is -0.382 e. The Balaban J connectivity index is 2.28. The molecule has 0 spiro atoms. The van der Waals surface area contributed by atoms with Crippen molar-refractivity contribution in [3.63, 3.8) is 0 Å². The van der Waals surface area contributed by atoms with Crippen LogP contribution in [0.5, 0.6) is 0 Å². The number of halogens is 1. The molecule has 0 bridgehead atoms. The molecule has 2 nitrogen and oxygen atoms in total. The third-order valence-electron chi connectivity index (χ3n) is 2.95. The lowest BCUT2D eigenvalue weighted by Gasteiger charge is -2.11. The number of hydrogen-bond donors (Lipinski definition) is 0. The number of rotatable bonds is 5. The van der Waals surface area contributed by atoms with E-state index in [2.05, 4.69) is 0 Å². The van der Waals surface area contributed by atoms with Crippen LogP contribution in [0.25, 0.3) is 0 Å². The molecule has 114 valence electrons. The largest absolute Gasteiger partial charge is 0.382 e. The Morgan fingerprint density at radius 1 is 1.05 bits per heavy atom. The zero-order valence-electron chi connectivity index (χ0n) is 12.8. The molecule has 0 aliphatic rings. The molecule has 0 amide bonds. The maximum atomic E-state index is 12.7. The van der Waals surface area contributed by atoms with Crippen LogP contribution in [0.3, 0.4) is 0 Å². The minimum atomic E-state index is 0.0219. The van der Waals surface area contributed by atoms with Crippen LogP contribution in [0.2, 0.25) is 5.02 Å². The average Bonchev–Trinajstić information content (AvgIpc) is 2.48. The normalized spacial score (nSPS) is 11.4. The minimum absolute atomic E-state index is 0.0219. The molecule has 0 aliphatic heterocycles. The van der Waals surface area contributed by atoms with Gasteiger partial charge in [-0.3, -0.25) is 4.79 Å². The number of thioether (sulfide) groups is 1. The van der Waals surface area contributed by atoms with Gasteiger partial charge in [0.05, 0.1) is 4.91 Å². The molecule has 0 heterocycles. The van der Waals surface area contributed by atoms with Crippen molar-refractivity contribution < 1.29 is 4.79 Å². The van der Waals surface area contributed by atoms with Crippen LogP contribution < -0.4 is 0 Å². The summed E-state index contributed by atoms with van der Waals surface area (Å²) in [5.41, 5.74) is 1.83. The number of hydrogen-bond acceptors (Lipinski definition) is 3. The first-order valence-corrected chi connectivity index (χ1v) is 8.08. The van der Waals surface area contributed by atoms with Crippen LogP contribution in [0.1, 0.15) is 15.9 Å². The second-order valence-electron chi connectivity index (χ2n) is 5.21. The van der Waals surface area contributed by atoms with Crippen LogP contribution in [0.4, 0.5) is 0 Å². The van der Waals surface area contributed by atoms with Crippen molar-refractivity contribution in [2.45, 2.75) is 11.8 Å². The van der Waals surface area contributed by atoms with Crippen molar-refractivity contribution in [1.82, 2.24) is 4.90 Å². The molecule has 0 saturated heterocycles. The van der Waals surface area contributed by atoms with Gasteiger partial charge < -0.3 is 4.90 Å². The van der Waals surface area contributed by atoms with Crippen LogP contribution in [0.15, 0.2) is 64.5 Å². The molecule has 2 aromatic carbocycles. The van der Waals surface area contributed by atoms with E-state index in [4.69, 9.17) is 11.6 Å². The molecule has 0 aromatic heterocycles. The van der Waals surface area contributed by atoms with Crippen molar-refractivity contribution >= 4 is 29.1 Å². The Morgan fingerprint density at radius 3 is 2.18 bits per heavy atom. The number of nitrogens with zero attached hydrogens (tertiary/aromatic N) is 1. The molecular formula is C18H18ClNOS. The third kappa shape index (κ3) is 4.65. The highest BCUT2D eigenvalue weighted by Crippen LogP contribution is 2.30. The summed E-state index contributed by atoms with van der Waals surface area (Å²) >= 11 is 7.35. The molecular weight excluding hydrogens is 314 g/mol. The summed E-state index contributed by atoms with van der Waals surface area (Å²) in [6.45, 7) is 2.01. The first-order chi connectivity index (χ1) is 10.5. The standard InChI is InChI=1S/C18H18ClNOS/c1-13-4-6-14(7-5-13)18(21)17(12-20(2)3)22-16-10-8-15(19)9-11-16/h4-12H,1-3H3. The highest BCUT2D eigenvalue weighted by atomic mass is 35.5. The van der Waals surface area contributed by atoms with Crippen molar-refractivity contribution in [3.8, 4) is 0 Å². The van der Waals surface area contributed by atoms with Gasteiger partial charge in [-0.25, -0.2) is 0 Å². The zero-order valence-corrected chi connectivity index (χ0v) is 14.4. The summed E-state index contributed by atoms with van der Waals surface area (Å²) in [4.78, 5) is 16.3. The molecule has 0 atom stereocenters. The maximum absolute atomic E-state index is 12.7. The number of allylic oxidation sites excluding steroid dienone is 1. The molecule has 0 unspecified atom stereocenters. The summed E-state index contributed by atoms with van der Waals surface area (Å²) in [7, 11) is 3.82. The average molecular weight is 332 g/mol. The molecule has 0 radical (unpaired) electrons. The lowest BCUT2D eigenvalue weighted by molar-refractivity contribution is 0.104. The molecule has 0 fully saturated rings. The van der Waals surface area contributed by atoms with Gasteiger partial charge in [0.2, 0.25) is 5.78 Å². The Labute approximate surface area is 140 Å². The van der Waals surface area contributed by atoms with Crippen molar-refractivity contribution in [2.24, 2.45) is 0 Å². The fourth-order valence-corrected chi connectivity index (χ4v) is 2.97. The molecule has 0 saturated carbocycles. The monoisotopic (exact) mass is 331 g/mol. The topological polar surface area (TPSA) is 20.3 Å². The van der Waals surface area contributed by atoms with Gasteiger partial charge >= 0.3 is 0 Å². The van der Waals surface area contributed by atoms with Gasteiger partial charge in [-0.05, 0) is 31.2 Å². The van der Waals surface area contributed by atoms with Gasteiger partial charge in [0.15, 0.2) is 0 Å². The summed E-state index contributed by atoms with van der Waals surface area (Å²) < 4.78 is 0. The predicted molar refractivity (Wildman–Crippen MR) is 94.6 cm³/mol. The second-order valence-corrected chi connectivity index (χ2v) is 6.76. The number of aryl methyl sites for hydroxylation is 1. The lowest BCUT2D eigenvalue weighted by Crippen LogP contribution is -2.08. The van der Waals surface area contributed by atoms with Gasteiger partial charge in [0.25, 0.3) is 0 Å². The maximum Gasteiger partial charge on any atom is 0.201 e. The number of Topliss-reactive ketones (excluding diaryl/α,β-unsaturated/α-hetero) is 1. The molecule has 22 heavy (non-hydrogen) atoms. The Hall–Kier alpha value is -1.71. The first kappa shape index (κ1) is 16.7. The second kappa shape index (κ2) is 7.52. The van der Waals surface area contributed by atoms with E-state index >= 15 is 0 Å². The molecule has 0 aliphatic carbocycles. The summed E-state index contributed by atoms with van der Waals surface area (Å²) in [5.74, 6) is 0.0219. The highest BCUT2D eigenvalue weighted by Gasteiger charge is 2.14. The van der Waals surface area contributed by atoms with Crippen LogP contribution in [-0.2, 0) is 0 Å². The molecule has 0 N–H and O–H groups in total. The summed E-state index contributed by atoms with van der Waals surface area (Å²) in [5, 5.41) is 0.687. The Bertz CT molecular complexity index is 675. The van der Waals surface area contributed by atoms with E-state index in [1.165, 1.54) is 11.8 Å². The van der Waals surface area contributed by atoms with E-state index in [1.807, 2.05) is 80.6 Å². The number of carbonyl (C=O) groups excluding carboxylic acids is 1. The molecule has 4 heteroatoms. The van der Waals surface area contributed by atoms with E-state index in [-0.39, 0.29) is 5.78 Å². The quantitative estimate of drug-likeness (QED) is 0.435. The number of ketones is 1. The Morgan fingerprint density at radius 2 is 1.64 bits per heavy atom.